The number of rotatable bonds is 3. The van der Waals surface area contributed by atoms with E-state index in [-0.39, 0.29) is 6.04 Å². The molecule has 1 unspecified atom stereocenters. The molecular weight excluding hydrogens is 250 g/mol. The Morgan fingerprint density at radius 3 is 2.95 bits per heavy atom. The number of pyridine rings is 1. The second kappa shape index (κ2) is 5.25. The maximum Gasteiger partial charge on any atom is 0.148 e. The van der Waals surface area contributed by atoms with Gasteiger partial charge in [-0.15, -0.1) is 0 Å². The van der Waals surface area contributed by atoms with Crippen molar-refractivity contribution in [3.63, 3.8) is 0 Å². The maximum atomic E-state index is 11.1. The lowest BCUT2D eigenvalue weighted by Gasteiger charge is -2.22. The van der Waals surface area contributed by atoms with E-state index in [1.165, 1.54) is 0 Å². The molecule has 0 fully saturated rings. The second-order valence-electron chi connectivity index (χ2n) is 4.87. The van der Waals surface area contributed by atoms with E-state index in [2.05, 4.69) is 21.6 Å². The molecule has 0 spiro atoms. The van der Waals surface area contributed by atoms with Gasteiger partial charge in [-0.05, 0) is 30.2 Å². The fourth-order valence-corrected chi connectivity index (χ4v) is 2.45. The molecule has 1 aromatic heterocycles. The number of hydrazone groups is 1. The molecule has 2 aromatic rings. The van der Waals surface area contributed by atoms with Crippen LogP contribution in [0.3, 0.4) is 0 Å². The second-order valence-corrected chi connectivity index (χ2v) is 4.87. The van der Waals surface area contributed by atoms with Gasteiger partial charge in [0.2, 0.25) is 0 Å². The van der Waals surface area contributed by atoms with Gasteiger partial charge in [0.1, 0.15) is 12.3 Å². The molecule has 3 rings (SSSR count). The summed E-state index contributed by atoms with van der Waals surface area (Å²) in [7, 11) is 0. The van der Waals surface area contributed by atoms with Crippen LogP contribution in [0.5, 0.6) is 0 Å². The molecule has 20 heavy (non-hydrogen) atoms. The molecule has 1 aliphatic rings. The normalized spacial score (nSPS) is 16.9. The lowest BCUT2D eigenvalue weighted by Crippen LogP contribution is -2.28. The maximum absolute atomic E-state index is 11.1. The Labute approximate surface area is 117 Å². The molecule has 1 aromatic carbocycles. The summed E-state index contributed by atoms with van der Waals surface area (Å²) >= 11 is 0. The Kier molecular flexibility index (Phi) is 3.29. The molecule has 4 nitrogen and oxygen atoms in total. The Balaban J connectivity index is 1.95. The minimum Gasteiger partial charge on any atom is -0.301 e. The van der Waals surface area contributed by atoms with Crippen LogP contribution in [0.4, 0.5) is 0 Å². The Hall–Kier alpha value is -2.49. The largest absolute Gasteiger partial charge is 0.301 e. The molecule has 0 saturated heterocycles. The van der Waals surface area contributed by atoms with Gasteiger partial charge in [-0.25, -0.2) is 0 Å². The van der Waals surface area contributed by atoms with Crippen LogP contribution in [0.25, 0.3) is 0 Å². The van der Waals surface area contributed by atoms with Crippen molar-refractivity contribution >= 4 is 12.0 Å². The average Bonchev–Trinajstić information content (AvgIpc) is 2.48. The molecule has 1 aliphatic heterocycles. The van der Waals surface area contributed by atoms with Crippen LogP contribution in [-0.4, -0.2) is 17.0 Å². The van der Waals surface area contributed by atoms with Gasteiger partial charge in [0.25, 0.3) is 0 Å². The Morgan fingerprint density at radius 1 is 1.30 bits per heavy atom. The summed E-state index contributed by atoms with van der Waals surface area (Å²) in [6.45, 7) is 1.97. The third kappa shape index (κ3) is 2.32. The summed E-state index contributed by atoms with van der Waals surface area (Å²) in [5.41, 5.74) is 8.04. The first kappa shape index (κ1) is 12.5. The highest BCUT2D eigenvalue weighted by Gasteiger charge is 2.21. The van der Waals surface area contributed by atoms with E-state index in [1.807, 2.05) is 43.5 Å². The fraction of sp³-hybridized carbons (Fsp3) is 0.188. The van der Waals surface area contributed by atoms with Crippen LogP contribution in [-0.2, 0) is 11.2 Å². The van der Waals surface area contributed by atoms with Crippen LogP contribution < -0.4 is 5.43 Å². The highest BCUT2D eigenvalue weighted by atomic mass is 16.1. The third-order valence-corrected chi connectivity index (χ3v) is 3.41. The number of aldehydes is 1. The SMILES string of the molecule is Cc1cc(CC2=NNC(C=O)c3ccccc32)ccn1. The number of carbonyl (C=O) groups excluding carboxylic acids is 1. The molecule has 1 N–H and O–H groups in total. The van der Waals surface area contributed by atoms with Gasteiger partial charge < -0.3 is 4.79 Å². The number of nitrogens with zero attached hydrogens (tertiary/aromatic N) is 2. The van der Waals surface area contributed by atoms with Crippen molar-refractivity contribution < 1.29 is 4.79 Å². The standard InChI is InChI=1S/C16H15N3O/c1-11-8-12(6-7-17-11)9-15-13-4-2-3-5-14(13)16(10-20)19-18-15/h2-8,10,16,19H,9H2,1H3. The zero-order valence-corrected chi connectivity index (χ0v) is 11.2. The van der Waals surface area contributed by atoms with E-state index in [0.717, 1.165) is 40.8 Å². The molecule has 0 aliphatic carbocycles. The Bertz CT molecular complexity index is 679. The number of hydrogen-bond acceptors (Lipinski definition) is 4. The van der Waals surface area contributed by atoms with Crippen LogP contribution in [0.2, 0.25) is 0 Å². The van der Waals surface area contributed by atoms with Crippen molar-refractivity contribution in [2.45, 2.75) is 19.4 Å². The highest BCUT2D eigenvalue weighted by Crippen LogP contribution is 2.23. The zero-order chi connectivity index (χ0) is 13.9. The average molecular weight is 265 g/mol. The van der Waals surface area contributed by atoms with Gasteiger partial charge in [-0.3, -0.25) is 10.4 Å². The summed E-state index contributed by atoms with van der Waals surface area (Å²) in [6, 6.07) is 11.6. The fourth-order valence-electron chi connectivity index (χ4n) is 2.45. The summed E-state index contributed by atoms with van der Waals surface area (Å²) < 4.78 is 0. The van der Waals surface area contributed by atoms with Crippen molar-refractivity contribution in [1.29, 1.82) is 0 Å². The Morgan fingerprint density at radius 2 is 2.15 bits per heavy atom. The number of fused-ring (bicyclic) bond motifs is 1. The third-order valence-electron chi connectivity index (χ3n) is 3.41. The molecule has 0 saturated carbocycles. The first-order chi connectivity index (χ1) is 9.78. The van der Waals surface area contributed by atoms with Gasteiger partial charge in [0, 0.05) is 23.9 Å². The smallest absolute Gasteiger partial charge is 0.148 e. The predicted octanol–water partition coefficient (Wildman–Crippen LogP) is 2.18. The first-order valence-corrected chi connectivity index (χ1v) is 6.56. The number of benzene rings is 1. The lowest BCUT2D eigenvalue weighted by molar-refractivity contribution is -0.109. The zero-order valence-electron chi connectivity index (χ0n) is 11.2. The molecule has 0 amide bonds. The van der Waals surface area contributed by atoms with Gasteiger partial charge >= 0.3 is 0 Å². The van der Waals surface area contributed by atoms with Gasteiger partial charge in [-0.1, -0.05) is 24.3 Å². The number of carbonyl (C=O) groups is 1. The van der Waals surface area contributed by atoms with Crippen molar-refractivity contribution in [3.05, 3.63) is 65.0 Å². The van der Waals surface area contributed by atoms with Crippen LogP contribution in [0, 0.1) is 6.92 Å². The van der Waals surface area contributed by atoms with Crippen LogP contribution in [0.15, 0.2) is 47.7 Å². The van der Waals surface area contributed by atoms with Crippen LogP contribution in [0.1, 0.15) is 28.4 Å². The van der Waals surface area contributed by atoms with E-state index in [4.69, 9.17) is 0 Å². The van der Waals surface area contributed by atoms with Crippen molar-refractivity contribution in [2.75, 3.05) is 0 Å². The first-order valence-electron chi connectivity index (χ1n) is 6.56. The van der Waals surface area contributed by atoms with Gasteiger partial charge in [0.15, 0.2) is 0 Å². The van der Waals surface area contributed by atoms with E-state index >= 15 is 0 Å². The monoisotopic (exact) mass is 265 g/mol. The predicted molar refractivity (Wildman–Crippen MR) is 77.6 cm³/mol. The number of hydrogen-bond donors (Lipinski definition) is 1. The summed E-state index contributed by atoms with van der Waals surface area (Å²) in [4.78, 5) is 15.3. The van der Waals surface area contributed by atoms with Crippen LogP contribution >= 0.6 is 0 Å². The van der Waals surface area contributed by atoms with E-state index in [0.29, 0.717) is 0 Å². The number of nitrogens with one attached hydrogen (secondary N) is 1. The van der Waals surface area contributed by atoms with Gasteiger partial charge in [-0.2, -0.15) is 5.10 Å². The summed E-state index contributed by atoms with van der Waals surface area (Å²) in [6.07, 6.45) is 3.41. The number of aryl methyl sites for hydroxylation is 1. The van der Waals surface area contributed by atoms with E-state index in [1.54, 1.807) is 0 Å². The molecule has 4 heteroatoms. The van der Waals surface area contributed by atoms with E-state index < -0.39 is 0 Å². The van der Waals surface area contributed by atoms with Crippen molar-refractivity contribution in [3.8, 4) is 0 Å². The summed E-state index contributed by atoms with van der Waals surface area (Å²) in [5.74, 6) is 0. The molecule has 0 radical (unpaired) electrons. The minimum atomic E-state index is -0.353. The van der Waals surface area contributed by atoms with E-state index in [9.17, 15) is 4.79 Å². The lowest BCUT2D eigenvalue weighted by atomic mass is 9.93. The molecule has 1 atom stereocenters. The number of aromatic nitrogens is 1. The molecule has 100 valence electrons. The van der Waals surface area contributed by atoms with Crippen molar-refractivity contribution in [1.82, 2.24) is 10.4 Å². The summed E-state index contributed by atoms with van der Waals surface area (Å²) in [5, 5.41) is 4.36. The molecule has 2 heterocycles. The topological polar surface area (TPSA) is 54.4 Å². The molecular formula is C16H15N3O. The quantitative estimate of drug-likeness (QED) is 0.865. The minimum absolute atomic E-state index is 0.353. The van der Waals surface area contributed by atoms with Crippen molar-refractivity contribution in [2.24, 2.45) is 5.10 Å². The highest BCUT2D eigenvalue weighted by molar-refractivity contribution is 6.04. The molecule has 0 bridgehead atoms. The van der Waals surface area contributed by atoms with Gasteiger partial charge in [0.05, 0.1) is 5.71 Å².